The lowest BCUT2D eigenvalue weighted by Crippen LogP contribution is -2.39. The summed E-state index contributed by atoms with van der Waals surface area (Å²) in [6.45, 7) is 2.15. The summed E-state index contributed by atoms with van der Waals surface area (Å²) in [6.07, 6.45) is 4.40. The third-order valence-corrected chi connectivity index (χ3v) is 6.44. The van der Waals surface area contributed by atoms with E-state index in [2.05, 4.69) is 5.32 Å². The predicted octanol–water partition coefficient (Wildman–Crippen LogP) is 5.60. The molecule has 1 aliphatic carbocycles. The zero-order valence-electron chi connectivity index (χ0n) is 16.7. The molecule has 0 saturated heterocycles. The van der Waals surface area contributed by atoms with Gasteiger partial charge in [-0.3, -0.25) is 9.59 Å². The number of halogens is 1. The number of Topliss-reactive ketones (excluding diaryl/α,β-unsaturated/α-hetero) is 1. The standard InChI is InChI=1S/C24H22ClNO4/c1-14-20-18(29-22(14)23(28)26-13-15-5-4-6-16(25)11-15)7-8-19-21(20)17(27)12-24(30-19)9-2-3-10-24/h4-8,11H,2-3,9-10,12-13H2,1H3,(H,26,28). The molecule has 154 valence electrons. The maximum atomic E-state index is 13.1. The summed E-state index contributed by atoms with van der Waals surface area (Å²) in [7, 11) is 0. The molecule has 1 amide bonds. The maximum absolute atomic E-state index is 13.1. The van der Waals surface area contributed by atoms with Crippen LogP contribution < -0.4 is 10.1 Å². The van der Waals surface area contributed by atoms with E-state index < -0.39 is 0 Å². The summed E-state index contributed by atoms with van der Waals surface area (Å²) in [4.78, 5) is 25.9. The zero-order valence-corrected chi connectivity index (χ0v) is 17.5. The van der Waals surface area contributed by atoms with Crippen molar-refractivity contribution in [3.63, 3.8) is 0 Å². The van der Waals surface area contributed by atoms with Crippen LogP contribution in [-0.2, 0) is 6.54 Å². The number of nitrogens with one attached hydrogen (secondary N) is 1. The van der Waals surface area contributed by atoms with Crippen molar-refractivity contribution in [1.82, 2.24) is 5.32 Å². The Hall–Kier alpha value is -2.79. The van der Waals surface area contributed by atoms with E-state index in [0.717, 1.165) is 31.2 Å². The van der Waals surface area contributed by atoms with Crippen LogP contribution in [0.1, 0.15) is 64.1 Å². The zero-order chi connectivity index (χ0) is 20.9. The highest BCUT2D eigenvalue weighted by Crippen LogP contribution is 2.46. The van der Waals surface area contributed by atoms with Gasteiger partial charge in [-0.15, -0.1) is 0 Å². The van der Waals surface area contributed by atoms with Crippen molar-refractivity contribution < 1.29 is 18.7 Å². The Balaban J connectivity index is 1.47. The molecule has 1 saturated carbocycles. The Morgan fingerprint density at radius 2 is 2.00 bits per heavy atom. The third-order valence-electron chi connectivity index (χ3n) is 6.21. The van der Waals surface area contributed by atoms with Crippen LogP contribution in [0.3, 0.4) is 0 Å². The van der Waals surface area contributed by atoms with Crippen LogP contribution in [0.4, 0.5) is 0 Å². The number of aryl methyl sites for hydroxylation is 1. The Labute approximate surface area is 179 Å². The van der Waals surface area contributed by atoms with E-state index in [0.29, 0.717) is 45.8 Å². The first-order valence-corrected chi connectivity index (χ1v) is 10.6. The lowest BCUT2D eigenvalue weighted by molar-refractivity contribution is 0.0454. The SMILES string of the molecule is Cc1c(C(=O)NCc2cccc(Cl)c2)oc2ccc3c(c12)C(=O)CC1(CCCC1)O3. The molecule has 1 spiro atoms. The molecule has 1 fully saturated rings. The number of carbonyl (C=O) groups excluding carboxylic acids is 2. The lowest BCUT2D eigenvalue weighted by Gasteiger charge is -2.34. The van der Waals surface area contributed by atoms with E-state index in [1.54, 1.807) is 24.3 Å². The molecule has 2 aliphatic rings. The van der Waals surface area contributed by atoms with Gasteiger partial charge in [0.1, 0.15) is 16.9 Å². The number of fused-ring (bicyclic) bond motifs is 3. The molecule has 0 bridgehead atoms. The molecule has 3 aromatic rings. The number of ether oxygens (including phenoxy) is 1. The lowest BCUT2D eigenvalue weighted by atomic mass is 9.87. The fourth-order valence-electron chi connectivity index (χ4n) is 4.76. The number of benzene rings is 2. The number of carbonyl (C=O) groups is 2. The van der Waals surface area contributed by atoms with E-state index in [1.165, 1.54) is 0 Å². The highest BCUT2D eigenvalue weighted by molar-refractivity contribution is 6.30. The number of amides is 1. The van der Waals surface area contributed by atoms with Crippen LogP contribution in [0.25, 0.3) is 11.0 Å². The van der Waals surface area contributed by atoms with Gasteiger partial charge in [0.05, 0.1) is 12.0 Å². The van der Waals surface area contributed by atoms with Gasteiger partial charge in [0.2, 0.25) is 0 Å². The summed E-state index contributed by atoms with van der Waals surface area (Å²) < 4.78 is 12.2. The first-order valence-electron chi connectivity index (χ1n) is 10.3. The topological polar surface area (TPSA) is 68.5 Å². The van der Waals surface area contributed by atoms with Gasteiger partial charge in [-0.2, -0.15) is 0 Å². The summed E-state index contributed by atoms with van der Waals surface area (Å²) in [6, 6.07) is 10.9. The van der Waals surface area contributed by atoms with Crippen LogP contribution in [0.5, 0.6) is 5.75 Å². The van der Waals surface area contributed by atoms with Crippen molar-refractivity contribution >= 4 is 34.3 Å². The number of furan rings is 1. The molecule has 0 atom stereocenters. The Morgan fingerprint density at radius 1 is 1.20 bits per heavy atom. The van der Waals surface area contributed by atoms with Crippen LogP contribution in [0, 0.1) is 6.92 Å². The molecule has 1 N–H and O–H groups in total. The highest BCUT2D eigenvalue weighted by atomic mass is 35.5. The molecule has 1 aromatic heterocycles. The maximum Gasteiger partial charge on any atom is 0.287 e. The molecular weight excluding hydrogens is 402 g/mol. The number of ketones is 1. The first kappa shape index (κ1) is 19.2. The van der Waals surface area contributed by atoms with E-state index in [1.807, 2.05) is 19.1 Å². The molecule has 2 heterocycles. The smallest absolute Gasteiger partial charge is 0.287 e. The fraction of sp³-hybridized carbons (Fsp3) is 0.333. The molecule has 1 aliphatic heterocycles. The molecule has 5 rings (SSSR count). The summed E-state index contributed by atoms with van der Waals surface area (Å²) in [5, 5.41) is 4.16. The quantitative estimate of drug-likeness (QED) is 0.595. The van der Waals surface area contributed by atoms with Crippen molar-refractivity contribution in [3.05, 3.63) is 63.9 Å². The monoisotopic (exact) mass is 423 g/mol. The minimum absolute atomic E-state index is 0.0681. The third kappa shape index (κ3) is 3.18. The Bertz CT molecular complexity index is 1170. The normalized spacial score (nSPS) is 17.2. The van der Waals surface area contributed by atoms with Gasteiger partial charge in [-0.25, -0.2) is 0 Å². The van der Waals surface area contributed by atoms with Gasteiger partial charge >= 0.3 is 0 Å². The average molecular weight is 424 g/mol. The molecule has 30 heavy (non-hydrogen) atoms. The number of rotatable bonds is 3. The second kappa shape index (κ2) is 7.17. The second-order valence-corrected chi connectivity index (χ2v) is 8.71. The minimum atomic E-state index is -0.355. The van der Waals surface area contributed by atoms with Crippen molar-refractivity contribution in [3.8, 4) is 5.75 Å². The summed E-state index contributed by atoms with van der Waals surface area (Å²) in [5.74, 6) is 0.567. The van der Waals surface area contributed by atoms with Crippen molar-refractivity contribution in [2.75, 3.05) is 0 Å². The van der Waals surface area contributed by atoms with Crippen molar-refractivity contribution in [1.29, 1.82) is 0 Å². The second-order valence-electron chi connectivity index (χ2n) is 8.27. The highest BCUT2D eigenvalue weighted by Gasteiger charge is 2.43. The summed E-state index contributed by atoms with van der Waals surface area (Å²) >= 11 is 6.01. The summed E-state index contributed by atoms with van der Waals surface area (Å²) in [5.41, 5.74) is 2.27. The van der Waals surface area contributed by atoms with Gasteiger partial charge in [0.15, 0.2) is 11.5 Å². The van der Waals surface area contributed by atoms with Gasteiger partial charge in [0, 0.05) is 22.5 Å². The van der Waals surface area contributed by atoms with Gasteiger partial charge < -0.3 is 14.5 Å². The molecule has 5 nitrogen and oxygen atoms in total. The minimum Gasteiger partial charge on any atom is -0.486 e. The predicted molar refractivity (Wildman–Crippen MR) is 114 cm³/mol. The van der Waals surface area contributed by atoms with Crippen LogP contribution >= 0.6 is 11.6 Å². The van der Waals surface area contributed by atoms with E-state index in [-0.39, 0.29) is 23.1 Å². The van der Waals surface area contributed by atoms with Crippen LogP contribution in [0.2, 0.25) is 5.02 Å². The molecule has 2 aromatic carbocycles. The van der Waals surface area contributed by atoms with Gasteiger partial charge in [-0.05, 0) is 62.4 Å². The van der Waals surface area contributed by atoms with Crippen LogP contribution in [-0.4, -0.2) is 17.3 Å². The van der Waals surface area contributed by atoms with Crippen molar-refractivity contribution in [2.45, 2.75) is 51.2 Å². The van der Waals surface area contributed by atoms with E-state index in [4.69, 9.17) is 20.8 Å². The van der Waals surface area contributed by atoms with E-state index in [9.17, 15) is 9.59 Å². The van der Waals surface area contributed by atoms with Gasteiger partial charge in [-0.1, -0.05) is 23.7 Å². The van der Waals surface area contributed by atoms with Gasteiger partial charge in [0.25, 0.3) is 5.91 Å². The van der Waals surface area contributed by atoms with Crippen LogP contribution in [0.15, 0.2) is 40.8 Å². The average Bonchev–Trinajstić information content (AvgIpc) is 3.30. The molecule has 0 unspecified atom stereocenters. The number of hydrogen-bond acceptors (Lipinski definition) is 4. The van der Waals surface area contributed by atoms with E-state index >= 15 is 0 Å². The largest absolute Gasteiger partial charge is 0.486 e. The van der Waals surface area contributed by atoms with Crippen molar-refractivity contribution in [2.24, 2.45) is 0 Å². The fourth-order valence-corrected chi connectivity index (χ4v) is 4.97. The molecular formula is C24H22ClNO4. The number of hydrogen-bond donors (Lipinski definition) is 1. The molecule has 6 heteroatoms. The molecule has 0 radical (unpaired) electrons. The Kier molecular flexibility index (Phi) is 4.58. The Morgan fingerprint density at radius 3 is 2.77 bits per heavy atom. The first-order chi connectivity index (χ1) is 14.5.